The third kappa shape index (κ3) is 4.61. The van der Waals surface area contributed by atoms with E-state index in [-0.39, 0.29) is 17.1 Å². The molecule has 0 fully saturated rings. The number of carbonyl (C=O) groups excluding carboxylic acids is 1. The highest BCUT2D eigenvalue weighted by Crippen LogP contribution is 2.30. The summed E-state index contributed by atoms with van der Waals surface area (Å²) in [6.45, 7) is 5.70. The average Bonchev–Trinajstić information content (AvgIpc) is 2.78. The van der Waals surface area contributed by atoms with E-state index < -0.39 is 23.9 Å². The van der Waals surface area contributed by atoms with E-state index in [2.05, 4.69) is 10.3 Å². The van der Waals surface area contributed by atoms with Crippen LogP contribution in [0, 0.1) is 0 Å². The van der Waals surface area contributed by atoms with Gasteiger partial charge in [-0.25, -0.2) is 9.79 Å². The molecule has 2 rings (SSSR count). The van der Waals surface area contributed by atoms with Gasteiger partial charge < -0.3 is 9.47 Å². The molecule has 1 aromatic rings. The van der Waals surface area contributed by atoms with Crippen molar-refractivity contribution in [1.29, 1.82) is 0 Å². The minimum atomic E-state index is -4.48. The zero-order valence-corrected chi connectivity index (χ0v) is 12.9. The highest BCUT2D eigenvalue weighted by molar-refractivity contribution is 5.89. The Labute approximate surface area is 131 Å². The number of hydrogen-bond acceptors (Lipinski definition) is 4. The SMILES string of the molecule is CC(OC(=O)Nc1cccc(C(F)(F)F)c1)C1=NC(C)(C)CO1. The number of anilines is 1. The van der Waals surface area contributed by atoms with Crippen LogP contribution >= 0.6 is 0 Å². The van der Waals surface area contributed by atoms with Gasteiger partial charge in [0.1, 0.15) is 6.61 Å². The fraction of sp³-hybridized carbons (Fsp3) is 0.467. The maximum atomic E-state index is 12.6. The summed E-state index contributed by atoms with van der Waals surface area (Å²) in [4.78, 5) is 16.0. The van der Waals surface area contributed by atoms with Crippen LogP contribution in [0.3, 0.4) is 0 Å². The van der Waals surface area contributed by atoms with Crippen molar-refractivity contribution in [1.82, 2.24) is 0 Å². The van der Waals surface area contributed by atoms with Crippen LogP contribution < -0.4 is 5.32 Å². The van der Waals surface area contributed by atoms with Gasteiger partial charge in [0.2, 0.25) is 5.90 Å². The number of ether oxygens (including phenoxy) is 2. The van der Waals surface area contributed by atoms with E-state index in [1.54, 1.807) is 6.92 Å². The number of benzene rings is 1. The molecule has 1 N–H and O–H groups in total. The fourth-order valence-corrected chi connectivity index (χ4v) is 1.95. The molecule has 126 valence electrons. The van der Waals surface area contributed by atoms with Crippen molar-refractivity contribution in [3.05, 3.63) is 29.8 Å². The number of amides is 1. The lowest BCUT2D eigenvalue weighted by Gasteiger charge is -2.14. The molecule has 1 heterocycles. The van der Waals surface area contributed by atoms with E-state index in [1.807, 2.05) is 13.8 Å². The van der Waals surface area contributed by atoms with E-state index in [4.69, 9.17) is 9.47 Å². The zero-order valence-electron chi connectivity index (χ0n) is 12.9. The first-order valence-electron chi connectivity index (χ1n) is 6.94. The number of halogens is 3. The molecular weight excluding hydrogens is 313 g/mol. The fourth-order valence-electron chi connectivity index (χ4n) is 1.95. The molecule has 1 amide bonds. The van der Waals surface area contributed by atoms with Gasteiger partial charge in [-0.05, 0) is 39.0 Å². The number of nitrogens with zero attached hydrogens (tertiary/aromatic N) is 1. The van der Waals surface area contributed by atoms with Crippen molar-refractivity contribution in [2.75, 3.05) is 11.9 Å². The number of hydrogen-bond donors (Lipinski definition) is 1. The van der Waals surface area contributed by atoms with Gasteiger partial charge >= 0.3 is 12.3 Å². The van der Waals surface area contributed by atoms with Gasteiger partial charge in [0.25, 0.3) is 0 Å². The third-order valence-electron chi connectivity index (χ3n) is 3.05. The van der Waals surface area contributed by atoms with Gasteiger partial charge in [0.15, 0.2) is 6.10 Å². The standard InChI is InChI=1S/C15H17F3N2O3/c1-9(12-20-14(2,3)8-22-12)23-13(21)19-11-6-4-5-10(7-11)15(16,17)18/h4-7,9H,8H2,1-3H3,(H,19,21). The van der Waals surface area contributed by atoms with Crippen molar-refractivity contribution in [3.8, 4) is 0 Å². The molecule has 0 spiro atoms. The molecule has 0 saturated heterocycles. The van der Waals surface area contributed by atoms with Gasteiger partial charge in [-0.3, -0.25) is 5.32 Å². The van der Waals surface area contributed by atoms with Crippen molar-refractivity contribution >= 4 is 17.7 Å². The summed E-state index contributed by atoms with van der Waals surface area (Å²) in [5, 5.41) is 2.26. The second-order valence-corrected chi connectivity index (χ2v) is 5.80. The molecular formula is C15H17F3N2O3. The summed E-state index contributed by atoms with van der Waals surface area (Å²) in [7, 11) is 0. The van der Waals surface area contributed by atoms with E-state index >= 15 is 0 Å². The number of carbonyl (C=O) groups is 1. The number of rotatable bonds is 3. The minimum Gasteiger partial charge on any atom is -0.476 e. The smallest absolute Gasteiger partial charge is 0.416 e. The summed E-state index contributed by atoms with van der Waals surface area (Å²) in [6.07, 6.45) is -6.09. The van der Waals surface area contributed by atoms with Crippen LogP contribution in [0.5, 0.6) is 0 Å². The lowest BCUT2D eigenvalue weighted by atomic mass is 10.1. The van der Waals surface area contributed by atoms with Gasteiger partial charge in [-0.1, -0.05) is 6.07 Å². The van der Waals surface area contributed by atoms with Gasteiger partial charge in [0.05, 0.1) is 11.1 Å². The summed E-state index contributed by atoms with van der Waals surface area (Å²) in [5.74, 6) is 0.286. The summed E-state index contributed by atoms with van der Waals surface area (Å²) in [6, 6.07) is 4.29. The van der Waals surface area contributed by atoms with E-state index in [1.165, 1.54) is 12.1 Å². The highest BCUT2D eigenvalue weighted by Gasteiger charge is 2.32. The first-order chi connectivity index (χ1) is 10.6. The average molecular weight is 330 g/mol. The molecule has 0 radical (unpaired) electrons. The predicted molar refractivity (Wildman–Crippen MR) is 78.5 cm³/mol. The topological polar surface area (TPSA) is 59.9 Å². The van der Waals surface area contributed by atoms with Crippen LogP contribution in [0.25, 0.3) is 0 Å². The Hall–Kier alpha value is -2.25. The van der Waals surface area contributed by atoms with Crippen LogP contribution in [0.1, 0.15) is 26.3 Å². The lowest BCUT2D eigenvalue weighted by Crippen LogP contribution is -2.27. The highest BCUT2D eigenvalue weighted by atomic mass is 19.4. The summed E-state index contributed by atoms with van der Waals surface area (Å²) >= 11 is 0. The Balaban J connectivity index is 1.98. The Morgan fingerprint density at radius 3 is 2.70 bits per heavy atom. The first kappa shape index (κ1) is 17.1. The van der Waals surface area contributed by atoms with Crippen molar-refractivity contribution in [3.63, 3.8) is 0 Å². The molecule has 1 aliphatic rings. The number of nitrogens with one attached hydrogen (secondary N) is 1. The van der Waals surface area contributed by atoms with Crippen LogP contribution in [0.4, 0.5) is 23.7 Å². The monoisotopic (exact) mass is 330 g/mol. The van der Waals surface area contributed by atoms with Crippen molar-refractivity contribution in [2.24, 2.45) is 4.99 Å². The van der Waals surface area contributed by atoms with Crippen LogP contribution in [-0.2, 0) is 15.7 Å². The summed E-state index contributed by atoms with van der Waals surface area (Å²) in [5.41, 5.74) is -1.25. The Morgan fingerprint density at radius 1 is 1.43 bits per heavy atom. The van der Waals surface area contributed by atoms with Crippen LogP contribution in [0.2, 0.25) is 0 Å². The molecule has 0 bridgehead atoms. The van der Waals surface area contributed by atoms with E-state index in [9.17, 15) is 18.0 Å². The molecule has 1 atom stereocenters. The van der Waals surface area contributed by atoms with Crippen molar-refractivity contribution in [2.45, 2.75) is 38.6 Å². The van der Waals surface area contributed by atoms with E-state index in [0.29, 0.717) is 6.61 Å². The second-order valence-electron chi connectivity index (χ2n) is 5.80. The first-order valence-corrected chi connectivity index (χ1v) is 6.94. The maximum Gasteiger partial charge on any atom is 0.416 e. The molecule has 5 nitrogen and oxygen atoms in total. The van der Waals surface area contributed by atoms with Gasteiger partial charge in [-0.15, -0.1) is 0 Å². The van der Waals surface area contributed by atoms with Crippen molar-refractivity contribution < 1.29 is 27.4 Å². The normalized spacial score (nSPS) is 17.9. The molecule has 8 heteroatoms. The summed E-state index contributed by atoms with van der Waals surface area (Å²) < 4.78 is 48.3. The Bertz CT molecular complexity index is 627. The minimum absolute atomic E-state index is 0.00775. The maximum absolute atomic E-state index is 12.6. The predicted octanol–water partition coefficient (Wildman–Crippen LogP) is 3.85. The molecule has 0 saturated carbocycles. The molecule has 1 aromatic carbocycles. The number of aliphatic imine (C=N–C) groups is 1. The number of alkyl halides is 3. The lowest BCUT2D eigenvalue weighted by molar-refractivity contribution is -0.137. The Kier molecular flexibility index (Phi) is 4.53. The molecule has 0 aliphatic carbocycles. The molecule has 0 aromatic heterocycles. The van der Waals surface area contributed by atoms with Gasteiger partial charge in [-0.2, -0.15) is 13.2 Å². The van der Waals surface area contributed by atoms with Gasteiger partial charge in [0, 0.05) is 5.69 Å². The van der Waals surface area contributed by atoms with Crippen LogP contribution in [-0.4, -0.2) is 30.2 Å². The zero-order chi connectivity index (χ0) is 17.3. The molecule has 1 unspecified atom stereocenters. The van der Waals surface area contributed by atoms with Crippen LogP contribution in [0.15, 0.2) is 29.3 Å². The second kappa shape index (κ2) is 6.10. The molecule has 23 heavy (non-hydrogen) atoms. The molecule has 1 aliphatic heterocycles. The third-order valence-corrected chi connectivity index (χ3v) is 3.05. The van der Waals surface area contributed by atoms with E-state index in [0.717, 1.165) is 12.1 Å². The Morgan fingerprint density at radius 2 is 2.13 bits per heavy atom. The largest absolute Gasteiger partial charge is 0.476 e. The quantitative estimate of drug-likeness (QED) is 0.916.